The average molecular weight is 285 g/mol. The number of hydrogen-bond donors (Lipinski definition) is 2. The number of thiophene rings is 1. The summed E-state index contributed by atoms with van der Waals surface area (Å²) < 4.78 is 1.32. The molecule has 1 unspecified atom stereocenters. The van der Waals surface area contributed by atoms with Gasteiger partial charge >= 0.3 is 0 Å². The predicted molar refractivity (Wildman–Crippen MR) is 86.0 cm³/mol. The molecule has 0 spiro atoms. The lowest BCUT2D eigenvalue weighted by atomic mass is 10.2. The van der Waals surface area contributed by atoms with Crippen molar-refractivity contribution in [3.05, 3.63) is 42.4 Å². The Hall–Kier alpha value is -1.65. The molecule has 1 atom stereocenters. The van der Waals surface area contributed by atoms with Crippen molar-refractivity contribution in [2.45, 2.75) is 32.9 Å². The van der Waals surface area contributed by atoms with E-state index >= 15 is 0 Å². The molecule has 2 N–H and O–H groups in total. The zero-order chi connectivity index (χ0) is 13.9. The van der Waals surface area contributed by atoms with E-state index < -0.39 is 0 Å². The molecule has 4 heteroatoms. The Morgan fingerprint density at radius 2 is 2.20 bits per heavy atom. The number of nitrogens with zero attached hydrogens (tertiary/aromatic N) is 1. The maximum atomic E-state index is 4.46. The first kappa shape index (κ1) is 13.3. The molecule has 20 heavy (non-hydrogen) atoms. The summed E-state index contributed by atoms with van der Waals surface area (Å²) in [7, 11) is 0. The lowest BCUT2D eigenvalue weighted by Crippen LogP contribution is -2.24. The number of aromatic amines is 1. The molecule has 0 aliphatic rings. The molecule has 0 saturated heterocycles. The minimum absolute atomic E-state index is 0.521. The highest BCUT2D eigenvalue weighted by Crippen LogP contribution is 2.32. The van der Waals surface area contributed by atoms with Gasteiger partial charge in [0.05, 0.1) is 23.3 Å². The number of benzene rings is 1. The molecule has 1 aromatic carbocycles. The van der Waals surface area contributed by atoms with Crippen LogP contribution in [0, 0.1) is 0 Å². The van der Waals surface area contributed by atoms with Crippen LogP contribution in [-0.4, -0.2) is 16.0 Å². The lowest BCUT2D eigenvalue weighted by Gasteiger charge is -2.08. The molecule has 0 amide bonds. The van der Waals surface area contributed by atoms with E-state index in [-0.39, 0.29) is 0 Å². The van der Waals surface area contributed by atoms with Crippen LogP contribution in [-0.2, 0) is 6.54 Å². The first-order chi connectivity index (χ1) is 9.76. The Morgan fingerprint density at radius 1 is 1.35 bits per heavy atom. The molecular weight excluding hydrogens is 266 g/mol. The first-order valence-electron chi connectivity index (χ1n) is 7.02. The van der Waals surface area contributed by atoms with Gasteiger partial charge in [0.1, 0.15) is 5.82 Å². The van der Waals surface area contributed by atoms with Crippen molar-refractivity contribution in [2.24, 2.45) is 0 Å². The Labute approximate surface area is 123 Å². The van der Waals surface area contributed by atoms with Gasteiger partial charge in [0.15, 0.2) is 0 Å². The summed E-state index contributed by atoms with van der Waals surface area (Å²) in [6.45, 7) is 5.16. The Kier molecular flexibility index (Phi) is 3.85. The smallest absolute Gasteiger partial charge is 0.120 e. The van der Waals surface area contributed by atoms with Crippen LogP contribution in [0.15, 0.2) is 36.5 Å². The fourth-order valence-electron chi connectivity index (χ4n) is 2.11. The van der Waals surface area contributed by atoms with Crippen molar-refractivity contribution in [1.29, 1.82) is 0 Å². The number of aromatic nitrogens is 2. The third kappa shape index (κ3) is 2.76. The SMILES string of the molecule is CCC(C)NCc1ncc(-c2cc3ccccc3s2)[nH]1. The molecule has 3 rings (SSSR count). The summed E-state index contributed by atoms with van der Waals surface area (Å²) in [5.41, 5.74) is 1.10. The van der Waals surface area contributed by atoms with E-state index in [1.54, 1.807) is 11.3 Å². The Bertz CT molecular complexity index is 665. The fraction of sp³-hybridized carbons (Fsp3) is 0.312. The van der Waals surface area contributed by atoms with Gasteiger partial charge < -0.3 is 10.3 Å². The van der Waals surface area contributed by atoms with E-state index in [1.165, 1.54) is 15.0 Å². The van der Waals surface area contributed by atoms with Crippen molar-refractivity contribution < 1.29 is 0 Å². The van der Waals surface area contributed by atoms with Gasteiger partial charge in [0.2, 0.25) is 0 Å². The summed E-state index contributed by atoms with van der Waals surface area (Å²) in [6, 6.07) is 11.2. The fourth-order valence-corrected chi connectivity index (χ4v) is 3.14. The van der Waals surface area contributed by atoms with Crippen LogP contribution < -0.4 is 5.32 Å². The predicted octanol–water partition coefficient (Wildman–Crippen LogP) is 4.18. The summed E-state index contributed by atoms with van der Waals surface area (Å²) in [5.74, 6) is 0.998. The molecule has 2 heterocycles. The monoisotopic (exact) mass is 285 g/mol. The van der Waals surface area contributed by atoms with Crippen LogP contribution in [0.25, 0.3) is 20.7 Å². The standard InChI is InChI=1S/C16H19N3S/c1-3-11(2)17-10-16-18-9-13(19-16)15-8-12-6-4-5-7-14(12)20-15/h4-9,11,17H,3,10H2,1-2H3,(H,18,19). The third-order valence-corrected chi connectivity index (χ3v) is 4.70. The number of fused-ring (bicyclic) bond motifs is 1. The minimum Gasteiger partial charge on any atom is -0.340 e. The zero-order valence-corrected chi connectivity index (χ0v) is 12.6. The highest BCUT2D eigenvalue weighted by molar-refractivity contribution is 7.22. The summed E-state index contributed by atoms with van der Waals surface area (Å²) in [5, 5.41) is 4.74. The molecule has 0 bridgehead atoms. The van der Waals surface area contributed by atoms with Gasteiger partial charge in [-0.15, -0.1) is 11.3 Å². The highest BCUT2D eigenvalue weighted by Gasteiger charge is 2.07. The molecule has 0 aliphatic heterocycles. The van der Waals surface area contributed by atoms with Gasteiger partial charge in [-0.1, -0.05) is 25.1 Å². The van der Waals surface area contributed by atoms with Crippen molar-refractivity contribution in [1.82, 2.24) is 15.3 Å². The van der Waals surface area contributed by atoms with Crippen LogP contribution in [0.4, 0.5) is 0 Å². The van der Waals surface area contributed by atoms with Crippen LogP contribution in [0.3, 0.4) is 0 Å². The third-order valence-electron chi connectivity index (χ3n) is 3.55. The Morgan fingerprint density at radius 3 is 3.00 bits per heavy atom. The Balaban J connectivity index is 1.79. The molecule has 0 radical (unpaired) electrons. The maximum Gasteiger partial charge on any atom is 0.120 e. The van der Waals surface area contributed by atoms with Gasteiger partial charge in [0, 0.05) is 10.7 Å². The molecule has 3 nitrogen and oxygen atoms in total. The number of H-pyrrole nitrogens is 1. The van der Waals surface area contributed by atoms with Crippen molar-refractivity contribution in [3.8, 4) is 10.6 Å². The molecule has 2 aromatic heterocycles. The van der Waals surface area contributed by atoms with E-state index in [4.69, 9.17) is 0 Å². The zero-order valence-electron chi connectivity index (χ0n) is 11.8. The summed E-state index contributed by atoms with van der Waals surface area (Å²) in [6.07, 6.45) is 3.06. The number of rotatable bonds is 5. The second-order valence-electron chi connectivity index (χ2n) is 5.08. The van der Waals surface area contributed by atoms with Crippen LogP contribution in [0.1, 0.15) is 26.1 Å². The second-order valence-corrected chi connectivity index (χ2v) is 6.17. The van der Waals surface area contributed by atoms with E-state index in [9.17, 15) is 0 Å². The normalized spacial score (nSPS) is 12.9. The quantitative estimate of drug-likeness (QED) is 0.738. The van der Waals surface area contributed by atoms with E-state index in [0.717, 1.165) is 24.5 Å². The topological polar surface area (TPSA) is 40.7 Å². The van der Waals surface area contributed by atoms with Crippen molar-refractivity contribution in [3.63, 3.8) is 0 Å². The van der Waals surface area contributed by atoms with Gasteiger partial charge in [-0.25, -0.2) is 4.98 Å². The van der Waals surface area contributed by atoms with E-state index in [0.29, 0.717) is 6.04 Å². The molecule has 0 saturated carbocycles. The van der Waals surface area contributed by atoms with Gasteiger partial charge in [0.25, 0.3) is 0 Å². The van der Waals surface area contributed by atoms with Crippen molar-refractivity contribution in [2.75, 3.05) is 0 Å². The maximum absolute atomic E-state index is 4.46. The van der Waals surface area contributed by atoms with Gasteiger partial charge in [-0.05, 0) is 30.9 Å². The first-order valence-corrected chi connectivity index (χ1v) is 7.84. The average Bonchev–Trinajstić information content (AvgIpc) is 3.10. The highest BCUT2D eigenvalue weighted by atomic mass is 32.1. The van der Waals surface area contributed by atoms with Crippen LogP contribution in [0.5, 0.6) is 0 Å². The van der Waals surface area contributed by atoms with Crippen LogP contribution in [0.2, 0.25) is 0 Å². The molecule has 0 fully saturated rings. The molecule has 3 aromatic rings. The number of imidazole rings is 1. The van der Waals surface area contributed by atoms with Crippen molar-refractivity contribution >= 4 is 21.4 Å². The van der Waals surface area contributed by atoms with Gasteiger partial charge in [-0.3, -0.25) is 0 Å². The van der Waals surface area contributed by atoms with E-state index in [2.05, 4.69) is 59.5 Å². The summed E-state index contributed by atoms with van der Waals surface area (Å²) in [4.78, 5) is 9.11. The molecular formula is C16H19N3S. The van der Waals surface area contributed by atoms with Crippen LogP contribution >= 0.6 is 11.3 Å². The van der Waals surface area contributed by atoms with E-state index in [1.807, 2.05) is 6.20 Å². The second kappa shape index (κ2) is 5.77. The minimum atomic E-state index is 0.521. The molecule has 104 valence electrons. The number of nitrogens with one attached hydrogen (secondary N) is 2. The molecule has 0 aliphatic carbocycles. The lowest BCUT2D eigenvalue weighted by molar-refractivity contribution is 0.525. The summed E-state index contributed by atoms with van der Waals surface area (Å²) >= 11 is 1.80. The number of hydrogen-bond acceptors (Lipinski definition) is 3. The van der Waals surface area contributed by atoms with Gasteiger partial charge in [-0.2, -0.15) is 0 Å². The largest absolute Gasteiger partial charge is 0.340 e.